The van der Waals surface area contributed by atoms with Gasteiger partial charge in [0.25, 0.3) is 0 Å². The fraction of sp³-hybridized carbons (Fsp3) is 0.741. The van der Waals surface area contributed by atoms with Crippen LogP contribution in [0.25, 0.3) is 0 Å². The van der Waals surface area contributed by atoms with E-state index in [0.29, 0.717) is 29.7 Å². The van der Waals surface area contributed by atoms with E-state index in [9.17, 15) is 4.79 Å². The number of carbonyl (C=O) groups is 1. The van der Waals surface area contributed by atoms with Crippen molar-refractivity contribution in [2.75, 3.05) is 7.05 Å². The van der Waals surface area contributed by atoms with E-state index in [1.54, 1.807) is 0 Å². The average molecular weight is 428 g/mol. The predicted octanol–water partition coefficient (Wildman–Crippen LogP) is 6.61. The van der Waals surface area contributed by atoms with Crippen LogP contribution < -0.4 is 0 Å². The molecule has 4 fully saturated rings. The highest BCUT2D eigenvalue weighted by molar-refractivity contribution is 6.30. The van der Waals surface area contributed by atoms with Gasteiger partial charge in [-0.15, -0.1) is 0 Å². The first-order chi connectivity index (χ1) is 14.2. The lowest BCUT2D eigenvalue weighted by molar-refractivity contribution is -0.179. The van der Waals surface area contributed by atoms with Crippen molar-refractivity contribution >= 4 is 17.5 Å². The fourth-order valence-corrected chi connectivity index (χ4v) is 8.94. The van der Waals surface area contributed by atoms with Gasteiger partial charge < -0.3 is 4.90 Å². The summed E-state index contributed by atoms with van der Waals surface area (Å²) in [6, 6.07) is 8.73. The first-order valence-corrected chi connectivity index (χ1v) is 12.6. The molecule has 0 N–H and O–H groups in total. The maximum Gasteiger partial charge on any atom is 0.222 e. The smallest absolute Gasteiger partial charge is 0.222 e. The molecule has 1 saturated heterocycles. The molecule has 1 heterocycles. The Kier molecular flexibility index (Phi) is 5.05. The van der Waals surface area contributed by atoms with Crippen molar-refractivity contribution in [1.82, 2.24) is 4.90 Å². The molecule has 164 valence electrons. The van der Waals surface area contributed by atoms with Crippen molar-refractivity contribution in [3.8, 4) is 0 Å². The number of halogens is 1. The summed E-state index contributed by atoms with van der Waals surface area (Å²) >= 11 is 6.15. The molecule has 3 aliphatic carbocycles. The fourth-order valence-electron chi connectivity index (χ4n) is 8.81. The highest BCUT2D eigenvalue weighted by atomic mass is 35.5. The number of amides is 1. The Morgan fingerprint density at radius 1 is 1.10 bits per heavy atom. The third kappa shape index (κ3) is 2.99. The van der Waals surface area contributed by atoms with Gasteiger partial charge in [0.15, 0.2) is 0 Å². The van der Waals surface area contributed by atoms with Gasteiger partial charge in [-0.2, -0.15) is 0 Å². The SMILES string of the molecule is CC1CC2N(C)C(=O)CC(Cc3ccc(Cl)cc3)[C@]2(C)[C@@H]2CC[C@]3(C)CCC[C@H]3[C@H]12. The number of fused-ring (bicyclic) bond motifs is 5. The zero-order chi connectivity index (χ0) is 21.3. The minimum absolute atomic E-state index is 0.212. The molecule has 2 nitrogen and oxygen atoms in total. The topological polar surface area (TPSA) is 20.3 Å². The second-order valence-corrected chi connectivity index (χ2v) is 12.1. The second-order valence-electron chi connectivity index (χ2n) is 11.7. The van der Waals surface area contributed by atoms with Crippen LogP contribution in [0.4, 0.5) is 0 Å². The lowest BCUT2D eigenvalue weighted by Crippen LogP contribution is -2.66. The van der Waals surface area contributed by atoms with E-state index in [0.717, 1.165) is 35.1 Å². The van der Waals surface area contributed by atoms with Crippen LogP contribution in [0, 0.1) is 40.4 Å². The summed E-state index contributed by atoms with van der Waals surface area (Å²) < 4.78 is 0. The summed E-state index contributed by atoms with van der Waals surface area (Å²) in [5, 5.41) is 0.793. The van der Waals surface area contributed by atoms with Crippen molar-refractivity contribution in [3.63, 3.8) is 0 Å². The molecule has 0 spiro atoms. The molecule has 1 amide bonds. The summed E-state index contributed by atoms with van der Waals surface area (Å²) in [6.07, 6.45) is 9.91. The highest BCUT2D eigenvalue weighted by Crippen LogP contribution is 2.67. The van der Waals surface area contributed by atoms with E-state index < -0.39 is 0 Å². The molecule has 30 heavy (non-hydrogen) atoms. The summed E-state index contributed by atoms with van der Waals surface area (Å²) in [4.78, 5) is 15.2. The molecule has 3 unspecified atom stereocenters. The largest absolute Gasteiger partial charge is 0.342 e. The molecule has 3 heteroatoms. The van der Waals surface area contributed by atoms with Gasteiger partial charge in [-0.3, -0.25) is 4.79 Å². The number of nitrogens with zero attached hydrogens (tertiary/aromatic N) is 1. The Morgan fingerprint density at radius 3 is 2.57 bits per heavy atom. The molecule has 5 rings (SSSR count). The van der Waals surface area contributed by atoms with E-state index in [-0.39, 0.29) is 5.41 Å². The van der Waals surface area contributed by atoms with Crippen molar-refractivity contribution < 1.29 is 4.79 Å². The summed E-state index contributed by atoms with van der Waals surface area (Å²) in [5.74, 6) is 3.97. The van der Waals surface area contributed by atoms with Gasteiger partial charge in [-0.25, -0.2) is 0 Å². The number of hydrogen-bond acceptors (Lipinski definition) is 1. The van der Waals surface area contributed by atoms with Crippen LogP contribution in [0.3, 0.4) is 0 Å². The van der Waals surface area contributed by atoms with E-state index in [1.807, 2.05) is 12.1 Å². The Morgan fingerprint density at radius 2 is 1.83 bits per heavy atom. The first kappa shape index (κ1) is 20.9. The van der Waals surface area contributed by atoms with Gasteiger partial charge in [0, 0.05) is 24.5 Å². The average Bonchev–Trinajstić information content (AvgIpc) is 3.11. The lowest BCUT2D eigenvalue weighted by Gasteiger charge is -2.65. The zero-order valence-corrected chi connectivity index (χ0v) is 19.9. The van der Waals surface area contributed by atoms with Gasteiger partial charge in [-0.1, -0.05) is 50.9 Å². The molecule has 1 aromatic rings. The minimum Gasteiger partial charge on any atom is -0.342 e. The minimum atomic E-state index is 0.212. The van der Waals surface area contributed by atoms with E-state index in [2.05, 4.69) is 44.9 Å². The Bertz CT molecular complexity index is 821. The van der Waals surface area contributed by atoms with Crippen molar-refractivity contribution in [3.05, 3.63) is 34.9 Å². The molecule has 1 aliphatic heterocycles. The molecule has 8 atom stereocenters. The van der Waals surface area contributed by atoms with E-state index in [4.69, 9.17) is 11.6 Å². The highest BCUT2D eigenvalue weighted by Gasteiger charge is 2.63. The van der Waals surface area contributed by atoms with Gasteiger partial charge in [0.05, 0.1) is 0 Å². The van der Waals surface area contributed by atoms with Gasteiger partial charge in [0.2, 0.25) is 5.91 Å². The van der Waals surface area contributed by atoms with Gasteiger partial charge >= 0.3 is 0 Å². The molecule has 0 radical (unpaired) electrons. The number of carbonyl (C=O) groups excluding carboxylic acids is 1. The number of benzene rings is 1. The van der Waals surface area contributed by atoms with Gasteiger partial charge in [0.1, 0.15) is 0 Å². The number of piperidine rings is 1. The molecular formula is C27H38ClNO. The molecule has 0 aromatic heterocycles. The van der Waals surface area contributed by atoms with Gasteiger partial charge in [-0.05, 0) is 96.6 Å². The second kappa shape index (κ2) is 7.26. The van der Waals surface area contributed by atoms with Crippen LogP contribution in [0.15, 0.2) is 24.3 Å². The Hall–Kier alpha value is -1.02. The molecule has 4 aliphatic rings. The summed E-state index contributed by atoms with van der Waals surface area (Å²) in [5.41, 5.74) is 2.11. The summed E-state index contributed by atoms with van der Waals surface area (Å²) in [7, 11) is 2.08. The van der Waals surface area contributed by atoms with Crippen molar-refractivity contribution in [1.29, 1.82) is 0 Å². The molecule has 1 aromatic carbocycles. The monoisotopic (exact) mass is 427 g/mol. The normalized spacial score (nSPS) is 45.6. The first-order valence-electron chi connectivity index (χ1n) is 12.2. The zero-order valence-electron chi connectivity index (χ0n) is 19.2. The van der Waals surface area contributed by atoms with Crippen LogP contribution in [-0.2, 0) is 11.2 Å². The van der Waals surface area contributed by atoms with Crippen molar-refractivity contribution in [2.24, 2.45) is 40.4 Å². The molecule has 0 bridgehead atoms. The third-order valence-corrected chi connectivity index (χ3v) is 10.7. The van der Waals surface area contributed by atoms with Crippen LogP contribution >= 0.6 is 11.6 Å². The van der Waals surface area contributed by atoms with Crippen LogP contribution in [0.1, 0.15) is 71.3 Å². The number of likely N-dealkylation sites (tertiary alicyclic amines) is 1. The quantitative estimate of drug-likeness (QED) is 0.520. The van der Waals surface area contributed by atoms with Crippen LogP contribution in [0.5, 0.6) is 0 Å². The number of hydrogen-bond donors (Lipinski definition) is 0. The third-order valence-electron chi connectivity index (χ3n) is 10.4. The predicted molar refractivity (Wildman–Crippen MR) is 123 cm³/mol. The van der Waals surface area contributed by atoms with E-state index >= 15 is 0 Å². The van der Waals surface area contributed by atoms with E-state index in [1.165, 1.54) is 44.1 Å². The maximum atomic E-state index is 13.1. The molecular weight excluding hydrogens is 390 g/mol. The Labute approximate surface area is 187 Å². The van der Waals surface area contributed by atoms with Crippen molar-refractivity contribution in [2.45, 2.75) is 78.2 Å². The Balaban J connectivity index is 1.53. The van der Waals surface area contributed by atoms with Crippen LogP contribution in [0.2, 0.25) is 5.02 Å². The molecule has 3 saturated carbocycles. The standard InChI is InChI=1S/C27H38ClNO/c1-17-14-23-27(3,22-11-13-26(2)12-5-6-21(26)25(17)22)19(16-24(30)29(23)4)15-18-7-9-20(28)10-8-18/h7-10,17,19,21-23,25H,5-6,11-16H2,1-4H3/t17?,19?,21-,22+,23?,25-,26-,27+/m0/s1. The lowest BCUT2D eigenvalue weighted by atomic mass is 9.43. The van der Waals surface area contributed by atoms with Crippen LogP contribution in [-0.4, -0.2) is 23.9 Å². The summed E-state index contributed by atoms with van der Waals surface area (Å²) in [6.45, 7) is 7.66. The number of rotatable bonds is 2. The maximum absolute atomic E-state index is 13.1.